The zero-order valence-electron chi connectivity index (χ0n) is 18.5. The minimum absolute atomic E-state index is 0.0495. The van der Waals surface area contributed by atoms with Crippen LogP contribution in [0.2, 0.25) is 0 Å². The fraction of sp³-hybridized carbons (Fsp3) is 0.346. The first kappa shape index (κ1) is 21.8. The summed E-state index contributed by atoms with van der Waals surface area (Å²) in [6.07, 6.45) is 2.84. The Morgan fingerprint density at radius 1 is 1.06 bits per heavy atom. The molecule has 1 aliphatic rings. The van der Waals surface area contributed by atoms with E-state index in [0.29, 0.717) is 19.7 Å². The van der Waals surface area contributed by atoms with E-state index in [2.05, 4.69) is 27.3 Å². The van der Waals surface area contributed by atoms with Gasteiger partial charge in [0.15, 0.2) is 5.82 Å². The van der Waals surface area contributed by atoms with Crippen molar-refractivity contribution >= 4 is 11.7 Å². The van der Waals surface area contributed by atoms with E-state index in [4.69, 9.17) is 4.74 Å². The molecule has 6 heteroatoms. The van der Waals surface area contributed by atoms with Crippen LogP contribution in [0.25, 0.3) is 11.3 Å². The van der Waals surface area contributed by atoms with Crippen molar-refractivity contribution in [2.75, 3.05) is 24.6 Å². The number of ether oxygens (including phenoxy) is 1. The van der Waals surface area contributed by atoms with E-state index >= 15 is 0 Å². The maximum atomic E-state index is 12.8. The molecule has 4 rings (SSSR count). The summed E-state index contributed by atoms with van der Waals surface area (Å²) in [5.41, 5.74) is 2.97. The van der Waals surface area contributed by atoms with Gasteiger partial charge in [-0.05, 0) is 49.1 Å². The van der Waals surface area contributed by atoms with Crippen molar-refractivity contribution in [3.8, 4) is 17.0 Å². The summed E-state index contributed by atoms with van der Waals surface area (Å²) >= 11 is 0. The van der Waals surface area contributed by atoms with Gasteiger partial charge in [-0.3, -0.25) is 4.79 Å². The fourth-order valence-electron chi connectivity index (χ4n) is 3.91. The van der Waals surface area contributed by atoms with Crippen LogP contribution in [0, 0.1) is 5.92 Å². The molecular weight excluding hydrogens is 400 g/mol. The first-order valence-electron chi connectivity index (χ1n) is 11.4. The highest BCUT2D eigenvalue weighted by Crippen LogP contribution is 2.23. The number of rotatable bonds is 8. The van der Waals surface area contributed by atoms with Crippen molar-refractivity contribution in [2.45, 2.75) is 32.7 Å². The standard InChI is InChI=1S/C26H30N4O2/c1-2-17-32-23-12-10-20(11-13-23)18-27-26(31)22-9-6-16-30(19-22)25-15-14-24(28-29-25)21-7-4-3-5-8-21/h3-5,7-8,10-15,22H,2,6,9,16-19H2,1H3,(H,27,31)/t22-/m1/s1. The monoisotopic (exact) mass is 430 g/mol. The van der Waals surface area contributed by atoms with Crippen LogP contribution in [0.15, 0.2) is 66.7 Å². The highest BCUT2D eigenvalue weighted by molar-refractivity contribution is 5.79. The third-order valence-electron chi connectivity index (χ3n) is 5.70. The van der Waals surface area contributed by atoms with Gasteiger partial charge in [-0.25, -0.2) is 0 Å². The van der Waals surface area contributed by atoms with Gasteiger partial charge in [0.2, 0.25) is 5.91 Å². The van der Waals surface area contributed by atoms with E-state index in [9.17, 15) is 4.79 Å². The largest absolute Gasteiger partial charge is 0.494 e. The van der Waals surface area contributed by atoms with Gasteiger partial charge < -0.3 is 15.0 Å². The summed E-state index contributed by atoms with van der Waals surface area (Å²) in [6.45, 7) is 4.88. The molecule has 0 aliphatic carbocycles. The predicted molar refractivity (Wildman–Crippen MR) is 126 cm³/mol. The van der Waals surface area contributed by atoms with Crippen LogP contribution in [-0.4, -0.2) is 35.8 Å². The SMILES string of the molecule is CCCOc1ccc(CNC(=O)[C@@H]2CCCN(c3ccc(-c4ccccc4)nn3)C2)cc1. The van der Waals surface area contributed by atoms with Gasteiger partial charge in [-0.1, -0.05) is 49.4 Å². The molecule has 1 atom stereocenters. The molecule has 0 bridgehead atoms. The molecule has 1 aromatic heterocycles. The van der Waals surface area contributed by atoms with Crippen molar-refractivity contribution in [2.24, 2.45) is 5.92 Å². The normalized spacial score (nSPS) is 15.9. The summed E-state index contributed by atoms with van der Waals surface area (Å²) in [6, 6.07) is 21.9. The number of carbonyl (C=O) groups is 1. The van der Waals surface area contributed by atoms with Crippen LogP contribution >= 0.6 is 0 Å². The molecule has 2 aromatic carbocycles. The molecule has 32 heavy (non-hydrogen) atoms. The van der Waals surface area contributed by atoms with Crippen LogP contribution in [0.1, 0.15) is 31.7 Å². The number of nitrogens with one attached hydrogen (secondary N) is 1. The Balaban J connectivity index is 1.31. The molecule has 0 saturated carbocycles. The van der Waals surface area contributed by atoms with Crippen LogP contribution in [0.3, 0.4) is 0 Å². The lowest BCUT2D eigenvalue weighted by molar-refractivity contribution is -0.125. The van der Waals surface area contributed by atoms with E-state index in [1.54, 1.807) is 0 Å². The maximum absolute atomic E-state index is 12.8. The van der Waals surface area contributed by atoms with Gasteiger partial charge in [0, 0.05) is 25.2 Å². The third-order valence-corrected chi connectivity index (χ3v) is 5.70. The third kappa shape index (κ3) is 5.63. The highest BCUT2D eigenvalue weighted by atomic mass is 16.5. The van der Waals surface area contributed by atoms with Crippen molar-refractivity contribution in [1.29, 1.82) is 0 Å². The van der Waals surface area contributed by atoms with Gasteiger partial charge in [-0.2, -0.15) is 0 Å². The minimum atomic E-state index is -0.0495. The molecule has 2 heterocycles. The first-order valence-corrected chi connectivity index (χ1v) is 11.4. The van der Waals surface area contributed by atoms with Crippen LogP contribution in [0.4, 0.5) is 5.82 Å². The Morgan fingerprint density at radius 2 is 1.88 bits per heavy atom. The Hall–Kier alpha value is -3.41. The number of anilines is 1. The van der Waals surface area contributed by atoms with E-state index in [0.717, 1.165) is 54.2 Å². The fourth-order valence-corrected chi connectivity index (χ4v) is 3.91. The van der Waals surface area contributed by atoms with Gasteiger partial charge in [0.1, 0.15) is 5.75 Å². The number of hydrogen-bond donors (Lipinski definition) is 1. The number of benzene rings is 2. The second-order valence-electron chi connectivity index (χ2n) is 8.14. The quantitative estimate of drug-likeness (QED) is 0.571. The Kier molecular flexibility index (Phi) is 7.33. The van der Waals surface area contributed by atoms with Crippen LogP contribution in [-0.2, 0) is 11.3 Å². The lowest BCUT2D eigenvalue weighted by Crippen LogP contribution is -2.43. The number of piperidine rings is 1. The number of amides is 1. The molecule has 1 fully saturated rings. The first-order chi connectivity index (χ1) is 15.7. The average Bonchev–Trinajstić information content (AvgIpc) is 2.87. The summed E-state index contributed by atoms with van der Waals surface area (Å²) in [5, 5.41) is 11.9. The maximum Gasteiger partial charge on any atom is 0.225 e. The number of carbonyl (C=O) groups excluding carboxylic acids is 1. The van der Waals surface area contributed by atoms with Gasteiger partial charge in [0.25, 0.3) is 0 Å². The topological polar surface area (TPSA) is 67.3 Å². The average molecular weight is 431 g/mol. The summed E-state index contributed by atoms with van der Waals surface area (Å²) < 4.78 is 5.61. The van der Waals surface area contributed by atoms with Crippen molar-refractivity contribution in [1.82, 2.24) is 15.5 Å². The summed E-state index contributed by atoms with van der Waals surface area (Å²) in [5.74, 6) is 1.73. The van der Waals surface area contributed by atoms with Crippen molar-refractivity contribution in [3.63, 3.8) is 0 Å². The Morgan fingerprint density at radius 3 is 2.59 bits per heavy atom. The number of nitrogens with zero attached hydrogens (tertiary/aromatic N) is 3. The van der Waals surface area contributed by atoms with E-state index in [1.807, 2.05) is 66.7 Å². The summed E-state index contributed by atoms with van der Waals surface area (Å²) in [7, 11) is 0. The molecular formula is C26H30N4O2. The lowest BCUT2D eigenvalue weighted by Gasteiger charge is -2.32. The van der Waals surface area contributed by atoms with Crippen LogP contribution < -0.4 is 15.0 Å². The van der Waals surface area contributed by atoms with E-state index < -0.39 is 0 Å². The predicted octanol–water partition coefficient (Wildman–Crippen LogP) is 4.47. The molecule has 1 N–H and O–H groups in total. The number of aromatic nitrogens is 2. The molecule has 0 unspecified atom stereocenters. The van der Waals surface area contributed by atoms with Crippen LogP contribution in [0.5, 0.6) is 5.75 Å². The summed E-state index contributed by atoms with van der Waals surface area (Å²) in [4.78, 5) is 15.0. The van der Waals surface area contributed by atoms with Crippen molar-refractivity contribution < 1.29 is 9.53 Å². The Labute approximate surface area is 189 Å². The molecule has 6 nitrogen and oxygen atoms in total. The molecule has 166 valence electrons. The molecule has 1 aliphatic heterocycles. The minimum Gasteiger partial charge on any atom is -0.494 e. The zero-order chi connectivity index (χ0) is 22.2. The van der Waals surface area contributed by atoms with Crippen molar-refractivity contribution in [3.05, 3.63) is 72.3 Å². The second-order valence-corrected chi connectivity index (χ2v) is 8.14. The van der Waals surface area contributed by atoms with Gasteiger partial charge in [-0.15, -0.1) is 10.2 Å². The molecule has 0 spiro atoms. The smallest absolute Gasteiger partial charge is 0.225 e. The molecule has 1 amide bonds. The number of hydrogen-bond acceptors (Lipinski definition) is 5. The van der Waals surface area contributed by atoms with Gasteiger partial charge in [0.05, 0.1) is 18.2 Å². The van der Waals surface area contributed by atoms with Gasteiger partial charge >= 0.3 is 0 Å². The molecule has 0 radical (unpaired) electrons. The molecule has 3 aromatic rings. The highest BCUT2D eigenvalue weighted by Gasteiger charge is 2.26. The second kappa shape index (κ2) is 10.8. The van der Waals surface area contributed by atoms with E-state index in [1.165, 1.54) is 0 Å². The van der Waals surface area contributed by atoms with E-state index in [-0.39, 0.29) is 11.8 Å². The zero-order valence-corrected chi connectivity index (χ0v) is 18.5. The Bertz CT molecular complexity index is 991. The molecule has 1 saturated heterocycles. The lowest BCUT2D eigenvalue weighted by atomic mass is 9.97.